The summed E-state index contributed by atoms with van der Waals surface area (Å²) in [6.07, 6.45) is -2.64. The number of allylic oxidation sites excluding steroid dienone is 1. The molecule has 1 N–H and O–H groups in total. The largest absolute Gasteiger partial charge is 0.324 e. The summed E-state index contributed by atoms with van der Waals surface area (Å²) < 4.78 is 36.1. The minimum Gasteiger partial charge on any atom is -0.324 e. The summed E-state index contributed by atoms with van der Waals surface area (Å²) in [5.74, 6) is -1.29. The van der Waals surface area contributed by atoms with Gasteiger partial charge < -0.3 is 4.90 Å². The van der Waals surface area contributed by atoms with Crippen molar-refractivity contribution in [3.05, 3.63) is 42.2 Å². The van der Waals surface area contributed by atoms with Gasteiger partial charge in [0.25, 0.3) is 0 Å². The smallest absolute Gasteiger partial charge is 0.301 e. The number of benzene rings is 1. The summed E-state index contributed by atoms with van der Waals surface area (Å²) >= 11 is 1.03. The van der Waals surface area contributed by atoms with Crippen LogP contribution in [-0.4, -0.2) is 18.0 Å². The normalized spacial score (nSPS) is 10.0. The fourth-order valence-electron chi connectivity index (χ4n) is 1.20. The first-order valence-corrected chi connectivity index (χ1v) is 6.20. The summed E-state index contributed by atoms with van der Waals surface area (Å²) in [5, 5.41) is 7.93. The van der Waals surface area contributed by atoms with E-state index in [1.807, 2.05) is 30.3 Å². The molecule has 0 aliphatic rings. The second-order valence-electron chi connectivity index (χ2n) is 3.46. The van der Waals surface area contributed by atoms with E-state index in [9.17, 15) is 13.2 Å². The van der Waals surface area contributed by atoms with E-state index >= 15 is 0 Å². The first-order chi connectivity index (χ1) is 8.52. The molecule has 0 bridgehead atoms. The van der Waals surface area contributed by atoms with Crippen molar-refractivity contribution in [2.75, 3.05) is 17.7 Å². The van der Waals surface area contributed by atoms with Crippen LogP contribution in [0.15, 0.2) is 42.2 Å². The van der Waals surface area contributed by atoms with Crippen LogP contribution in [0.4, 0.5) is 18.9 Å². The number of anilines is 1. The molecule has 2 nitrogen and oxygen atoms in total. The number of hydrogen-bond donors (Lipinski definition) is 1. The average molecular weight is 274 g/mol. The van der Waals surface area contributed by atoms with E-state index < -0.39 is 11.9 Å². The topological polar surface area (TPSA) is 27.1 Å². The quantitative estimate of drug-likeness (QED) is 0.656. The van der Waals surface area contributed by atoms with E-state index in [4.69, 9.17) is 5.41 Å². The number of amidine groups is 1. The molecular weight excluding hydrogens is 261 g/mol. The lowest BCUT2D eigenvalue weighted by Crippen LogP contribution is -2.22. The third-order valence-corrected chi connectivity index (χ3v) is 3.17. The van der Waals surface area contributed by atoms with Crippen molar-refractivity contribution in [3.8, 4) is 0 Å². The number of hydrogen-bond acceptors (Lipinski definition) is 2. The number of rotatable bonds is 4. The molecule has 0 fully saturated rings. The standard InChI is InChI=1S/C12H13F3N2S/c1-17(9-5-3-2-4-6-9)12(16)18-8-7-10(13)11(14)15/h2-6,16H,7-8H2,1H3. The Kier molecular flexibility index (Phi) is 5.77. The van der Waals surface area contributed by atoms with Gasteiger partial charge in [-0.3, -0.25) is 5.41 Å². The van der Waals surface area contributed by atoms with Gasteiger partial charge in [0.1, 0.15) is 0 Å². The minimum atomic E-state index is -2.28. The van der Waals surface area contributed by atoms with Gasteiger partial charge in [-0.25, -0.2) is 4.39 Å². The molecule has 0 amide bonds. The van der Waals surface area contributed by atoms with Gasteiger partial charge in [-0.15, -0.1) is 0 Å². The second-order valence-corrected chi connectivity index (χ2v) is 4.55. The van der Waals surface area contributed by atoms with E-state index in [1.54, 1.807) is 11.9 Å². The summed E-state index contributed by atoms with van der Waals surface area (Å²) in [5.41, 5.74) is 0.822. The van der Waals surface area contributed by atoms with Crippen molar-refractivity contribution in [3.63, 3.8) is 0 Å². The zero-order valence-electron chi connectivity index (χ0n) is 9.79. The maximum Gasteiger partial charge on any atom is 0.301 e. The molecule has 18 heavy (non-hydrogen) atoms. The first-order valence-electron chi connectivity index (χ1n) is 5.22. The molecular formula is C12H13F3N2S. The third kappa shape index (κ3) is 4.44. The lowest BCUT2D eigenvalue weighted by Gasteiger charge is -2.19. The molecule has 1 aromatic rings. The van der Waals surface area contributed by atoms with Crippen LogP contribution in [0.1, 0.15) is 6.42 Å². The van der Waals surface area contributed by atoms with Crippen molar-refractivity contribution in [2.45, 2.75) is 6.42 Å². The number of nitrogens with zero attached hydrogens (tertiary/aromatic N) is 1. The molecule has 1 rings (SSSR count). The van der Waals surface area contributed by atoms with Crippen molar-refractivity contribution < 1.29 is 13.2 Å². The molecule has 0 aliphatic heterocycles. The first kappa shape index (κ1) is 14.6. The van der Waals surface area contributed by atoms with Crippen molar-refractivity contribution in [1.29, 1.82) is 5.41 Å². The summed E-state index contributed by atoms with van der Waals surface area (Å²) in [6, 6.07) is 9.20. The molecule has 0 spiro atoms. The van der Waals surface area contributed by atoms with Gasteiger partial charge in [-0.05, 0) is 12.1 Å². The van der Waals surface area contributed by atoms with Crippen LogP contribution in [0.2, 0.25) is 0 Å². The molecule has 1 aromatic carbocycles. The van der Waals surface area contributed by atoms with Gasteiger partial charge in [0.15, 0.2) is 11.0 Å². The fraction of sp³-hybridized carbons (Fsp3) is 0.250. The molecule has 0 aromatic heterocycles. The van der Waals surface area contributed by atoms with Crippen molar-refractivity contribution in [2.24, 2.45) is 0 Å². The van der Waals surface area contributed by atoms with Gasteiger partial charge in [0, 0.05) is 24.9 Å². The highest BCUT2D eigenvalue weighted by Crippen LogP contribution is 2.20. The molecule has 0 atom stereocenters. The van der Waals surface area contributed by atoms with Gasteiger partial charge in [-0.2, -0.15) is 8.78 Å². The highest BCUT2D eigenvalue weighted by atomic mass is 32.2. The van der Waals surface area contributed by atoms with Crippen LogP contribution in [0.25, 0.3) is 0 Å². The summed E-state index contributed by atoms with van der Waals surface area (Å²) in [7, 11) is 1.70. The Morgan fingerprint density at radius 2 is 1.83 bits per heavy atom. The van der Waals surface area contributed by atoms with E-state index in [0.29, 0.717) is 0 Å². The molecule has 0 radical (unpaired) electrons. The molecule has 6 heteroatoms. The molecule has 0 heterocycles. The zero-order chi connectivity index (χ0) is 13.5. The maximum atomic E-state index is 12.5. The number of nitrogens with one attached hydrogen (secondary N) is 1. The number of para-hydroxylation sites is 1. The highest BCUT2D eigenvalue weighted by molar-refractivity contribution is 8.14. The zero-order valence-corrected chi connectivity index (χ0v) is 10.6. The van der Waals surface area contributed by atoms with Crippen LogP contribution in [0.3, 0.4) is 0 Å². The number of halogens is 3. The van der Waals surface area contributed by atoms with Crippen LogP contribution in [0, 0.1) is 5.41 Å². The van der Waals surface area contributed by atoms with E-state index in [0.717, 1.165) is 17.4 Å². The fourth-order valence-corrected chi connectivity index (χ4v) is 1.97. The molecule has 0 unspecified atom stereocenters. The van der Waals surface area contributed by atoms with Crippen LogP contribution >= 0.6 is 11.8 Å². The van der Waals surface area contributed by atoms with E-state index in [-0.39, 0.29) is 17.3 Å². The van der Waals surface area contributed by atoms with Crippen LogP contribution in [0.5, 0.6) is 0 Å². The summed E-state index contributed by atoms with van der Waals surface area (Å²) in [6.45, 7) is 0. The maximum absolute atomic E-state index is 12.5. The Hall–Kier alpha value is -1.43. The van der Waals surface area contributed by atoms with Gasteiger partial charge >= 0.3 is 6.08 Å². The Morgan fingerprint density at radius 1 is 1.22 bits per heavy atom. The average Bonchev–Trinajstić information content (AvgIpc) is 2.38. The van der Waals surface area contributed by atoms with E-state index in [2.05, 4.69) is 0 Å². The predicted molar refractivity (Wildman–Crippen MR) is 70.0 cm³/mol. The Labute approximate surface area is 108 Å². The van der Waals surface area contributed by atoms with Crippen LogP contribution in [-0.2, 0) is 0 Å². The van der Waals surface area contributed by atoms with Crippen molar-refractivity contribution in [1.82, 2.24) is 0 Å². The monoisotopic (exact) mass is 274 g/mol. The Morgan fingerprint density at radius 3 is 2.39 bits per heavy atom. The third-order valence-electron chi connectivity index (χ3n) is 2.21. The molecule has 0 saturated heterocycles. The molecule has 0 aliphatic carbocycles. The lowest BCUT2D eigenvalue weighted by atomic mass is 10.3. The van der Waals surface area contributed by atoms with Gasteiger partial charge in [0.2, 0.25) is 0 Å². The van der Waals surface area contributed by atoms with Crippen molar-refractivity contribution >= 4 is 22.6 Å². The van der Waals surface area contributed by atoms with Gasteiger partial charge in [-0.1, -0.05) is 30.0 Å². The minimum absolute atomic E-state index is 0.110. The second kappa shape index (κ2) is 7.10. The van der Waals surface area contributed by atoms with Crippen LogP contribution < -0.4 is 4.90 Å². The van der Waals surface area contributed by atoms with Gasteiger partial charge in [0.05, 0.1) is 0 Å². The Balaban J connectivity index is 2.45. The lowest BCUT2D eigenvalue weighted by molar-refractivity contribution is 0.373. The summed E-state index contributed by atoms with van der Waals surface area (Å²) in [4.78, 5) is 1.61. The SMILES string of the molecule is CN(C(=N)SCCC(F)=C(F)F)c1ccccc1. The highest BCUT2D eigenvalue weighted by Gasteiger charge is 2.09. The van der Waals surface area contributed by atoms with E-state index in [1.165, 1.54) is 0 Å². The predicted octanol–water partition coefficient (Wildman–Crippen LogP) is 4.26. The molecule has 98 valence electrons. The number of thioether (sulfide) groups is 1. The molecule has 0 saturated carbocycles. The Bertz CT molecular complexity index is 430.